The highest BCUT2D eigenvalue weighted by molar-refractivity contribution is 6.09. The van der Waals surface area contributed by atoms with E-state index in [0.29, 0.717) is 11.1 Å². The molecule has 0 aliphatic carbocycles. The molecule has 2 aromatic carbocycles. The van der Waals surface area contributed by atoms with E-state index < -0.39 is 5.97 Å². The number of carbonyl (C=O) groups excluding carboxylic acids is 3. The van der Waals surface area contributed by atoms with Gasteiger partial charge < -0.3 is 15.0 Å². The van der Waals surface area contributed by atoms with Crippen LogP contribution in [0.2, 0.25) is 0 Å². The molecule has 0 saturated heterocycles. The van der Waals surface area contributed by atoms with Gasteiger partial charge in [0.15, 0.2) is 6.61 Å². The second kappa shape index (κ2) is 8.73. The molecule has 0 atom stereocenters. The maximum atomic E-state index is 12.5. The molecule has 3 aromatic rings. The smallest absolute Gasteiger partial charge is 0.325 e. The van der Waals surface area contributed by atoms with Crippen molar-refractivity contribution < 1.29 is 19.1 Å². The minimum atomic E-state index is -0.662. The highest BCUT2D eigenvalue weighted by atomic mass is 16.5. The maximum Gasteiger partial charge on any atom is 0.325 e. The number of Topliss-reactive ketones (excluding diaryl/α,β-unsaturated/α-hetero) is 1. The van der Waals surface area contributed by atoms with Gasteiger partial charge >= 0.3 is 5.97 Å². The Bertz CT molecular complexity index is 1060. The van der Waals surface area contributed by atoms with Crippen LogP contribution in [0.3, 0.4) is 0 Å². The first-order valence-electron chi connectivity index (χ1n) is 9.53. The zero-order valence-electron chi connectivity index (χ0n) is 16.8. The minimum absolute atomic E-state index is 0.293. The molecule has 0 radical (unpaired) electrons. The van der Waals surface area contributed by atoms with Gasteiger partial charge in [0.1, 0.15) is 6.54 Å². The van der Waals surface area contributed by atoms with Crippen LogP contribution in [-0.4, -0.2) is 35.8 Å². The van der Waals surface area contributed by atoms with Gasteiger partial charge in [0.25, 0.3) is 5.91 Å². The van der Waals surface area contributed by atoms with E-state index in [1.807, 2.05) is 45.0 Å². The summed E-state index contributed by atoms with van der Waals surface area (Å²) in [7, 11) is 0. The lowest BCUT2D eigenvalue weighted by molar-refractivity contribution is -0.141. The Kier molecular flexibility index (Phi) is 6.12. The van der Waals surface area contributed by atoms with Crippen LogP contribution in [0.5, 0.6) is 0 Å². The van der Waals surface area contributed by atoms with Gasteiger partial charge in [-0.3, -0.25) is 14.4 Å². The fourth-order valence-electron chi connectivity index (χ4n) is 3.38. The largest absolute Gasteiger partial charge is 0.456 e. The van der Waals surface area contributed by atoms with Crippen LogP contribution >= 0.6 is 0 Å². The first-order chi connectivity index (χ1) is 13.9. The number of fused-ring (bicyclic) bond motifs is 1. The average Bonchev–Trinajstić information content (AvgIpc) is 3.13. The van der Waals surface area contributed by atoms with Crippen molar-refractivity contribution in [3.05, 3.63) is 70.4 Å². The average molecular weight is 392 g/mol. The number of H-pyrrole nitrogens is 1. The van der Waals surface area contributed by atoms with E-state index in [1.54, 1.807) is 18.3 Å². The Hall–Kier alpha value is -3.41. The number of aromatic nitrogens is 1. The van der Waals surface area contributed by atoms with E-state index >= 15 is 0 Å². The van der Waals surface area contributed by atoms with Crippen LogP contribution in [0, 0.1) is 13.8 Å². The molecule has 6 heteroatoms. The second-order valence-corrected chi connectivity index (χ2v) is 7.04. The summed E-state index contributed by atoms with van der Waals surface area (Å²) >= 11 is 0. The van der Waals surface area contributed by atoms with Gasteiger partial charge in [0.2, 0.25) is 5.78 Å². The van der Waals surface area contributed by atoms with Crippen molar-refractivity contribution in [1.82, 2.24) is 10.3 Å². The van der Waals surface area contributed by atoms with Crippen molar-refractivity contribution in [3.8, 4) is 0 Å². The summed E-state index contributed by atoms with van der Waals surface area (Å²) in [5, 5.41) is 3.34. The van der Waals surface area contributed by atoms with Crippen LogP contribution in [0.25, 0.3) is 10.9 Å². The number of aryl methyl sites for hydroxylation is 3. The summed E-state index contributed by atoms with van der Waals surface area (Å²) in [5.74, 6) is -1.31. The number of amides is 1. The van der Waals surface area contributed by atoms with Crippen LogP contribution in [0.4, 0.5) is 0 Å². The molecule has 3 rings (SSSR count). The molecule has 150 valence electrons. The lowest BCUT2D eigenvalue weighted by Gasteiger charge is -2.07. The van der Waals surface area contributed by atoms with E-state index in [1.165, 1.54) is 0 Å². The van der Waals surface area contributed by atoms with Crippen molar-refractivity contribution in [2.45, 2.75) is 27.2 Å². The number of esters is 1. The molecule has 0 unspecified atom stereocenters. The molecular weight excluding hydrogens is 368 g/mol. The molecule has 1 heterocycles. The number of rotatable bonds is 7. The standard InChI is InChI=1S/C23H24N2O4/c1-4-16-6-5-7-18-19(11-24-22(16)18)20(26)13-29-21(27)12-25-23(28)17-9-14(2)8-15(3)10-17/h5-11,24H,4,12-13H2,1-3H3,(H,25,28). The Balaban J connectivity index is 1.55. The molecule has 0 saturated carbocycles. The highest BCUT2D eigenvalue weighted by Crippen LogP contribution is 2.22. The Morgan fingerprint density at radius 1 is 1.07 bits per heavy atom. The van der Waals surface area contributed by atoms with E-state index in [9.17, 15) is 14.4 Å². The molecule has 6 nitrogen and oxygen atoms in total. The fourth-order valence-corrected chi connectivity index (χ4v) is 3.38. The number of hydrogen-bond acceptors (Lipinski definition) is 4. The summed E-state index contributed by atoms with van der Waals surface area (Å²) in [6, 6.07) is 11.2. The van der Waals surface area contributed by atoms with E-state index in [2.05, 4.69) is 10.3 Å². The monoisotopic (exact) mass is 392 g/mol. The van der Waals surface area contributed by atoms with Gasteiger partial charge in [-0.05, 0) is 38.0 Å². The van der Waals surface area contributed by atoms with Gasteiger partial charge in [0.05, 0.1) is 0 Å². The first-order valence-corrected chi connectivity index (χ1v) is 9.53. The Morgan fingerprint density at radius 3 is 2.48 bits per heavy atom. The van der Waals surface area contributed by atoms with Crippen LogP contribution in [0.1, 0.15) is 44.3 Å². The third kappa shape index (κ3) is 4.71. The molecule has 1 aromatic heterocycles. The summed E-state index contributed by atoms with van der Waals surface area (Å²) in [4.78, 5) is 39.7. The number of ketones is 1. The van der Waals surface area contributed by atoms with Crippen molar-refractivity contribution in [2.75, 3.05) is 13.2 Å². The summed E-state index contributed by atoms with van der Waals surface area (Å²) in [6.07, 6.45) is 2.49. The summed E-state index contributed by atoms with van der Waals surface area (Å²) in [5.41, 5.74) is 4.94. The lowest BCUT2D eigenvalue weighted by Crippen LogP contribution is -2.31. The number of para-hydroxylation sites is 1. The number of hydrogen-bond donors (Lipinski definition) is 2. The molecule has 29 heavy (non-hydrogen) atoms. The van der Waals surface area contributed by atoms with Crippen LogP contribution in [-0.2, 0) is 16.0 Å². The highest BCUT2D eigenvalue weighted by Gasteiger charge is 2.16. The van der Waals surface area contributed by atoms with E-state index in [4.69, 9.17) is 4.74 Å². The third-order valence-corrected chi connectivity index (χ3v) is 4.72. The number of ether oxygens (including phenoxy) is 1. The molecule has 0 aliphatic heterocycles. The lowest BCUT2D eigenvalue weighted by atomic mass is 10.1. The molecule has 0 spiro atoms. The van der Waals surface area contributed by atoms with Crippen molar-refractivity contribution in [1.29, 1.82) is 0 Å². The second-order valence-electron chi connectivity index (χ2n) is 7.04. The predicted octanol–water partition coefficient (Wildman–Crippen LogP) is 3.50. The van der Waals surface area contributed by atoms with E-state index in [-0.39, 0.29) is 24.8 Å². The molecule has 0 bridgehead atoms. The zero-order chi connectivity index (χ0) is 21.0. The normalized spacial score (nSPS) is 10.7. The van der Waals surface area contributed by atoms with Gasteiger partial charge in [-0.1, -0.05) is 42.3 Å². The number of aromatic amines is 1. The maximum absolute atomic E-state index is 12.5. The van der Waals surface area contributed by atoms with Crippen molar-refractivity contribution >= 4 is 28.6 Å². The number of carbonyl (C=O) groups is 3. The summed E-state index contributed by atoms with van der Waals surface area (Å²) in [6.45, 7) is 5.18. The number of nitrogens with one attached hydrogen (secondary N) is 2. The predicted molar refractivity (Wildman–Crippen MR) is 111 cm³/mol. The Morgan fingerprint density at radius 2 is 1.79 bits per heavy atom. The molecule has 0 fully saturated rings. The Labute approximate surface area is 169 Å². The summed E-state index contributed by atoms with van der Waals surface area (Å²) < 4.78 is 5.05. The molecule has 2 N–H and O–H groups in total. The van der Waals surface area contributed by atoms with Crippen LogP contribution < -0.4 is 5.32 Å². The van der Waals surface area contributed by atoms with Gasteiger partial charge in [0, 0.05) is 28.2 Å². The molecule has 1 amide bonds. The third-order valence-electron chi connectivity index (χ3n) is 4.72. The van der Waals surface area contributed by atoms with Gasteiger partial charge in [-0.25, -0.2) is 0 Å². The topological polar surface area (TPSA) is 88.3 Å². The SMILES string of the molecule is CCc1cccc2c(C(=O)COC(=O)CNC(=O)c3cc(C)cc(C)c3)c[nH]c12. The van der Waals surface area contributed by atoms with Crippen LogP contribution in [0.15, 0.2) is 42.6 Å². The minimum Gasteiger partial charge on any atom is -0.456 e. The van der Waals surface area contributed by atoms with Gasteiger partial charge in [-0.2, -0.15) is 0 Å². The fraction of sp³-hybridized carbons (Fsp3) is 0.261. The molecule has 0 aliphatic rings. The first kappa shape index (κ1) is 20.3. The zero-order valence-corrected chi connectivity index (χ0v) is 16.8. The van der Waals surface area contributed by atoms with Gasteiger partial charge in [-0.15, -0.1) is 0 Å². The van der Waals surface area contributed by atoms with E-state index in [0.717, 1.165) is 34.0 Å². The number of benzene rings is 2. The molecular formula is C23H24N2O4. The van der Waals surface area contributed by atoms with Crippen molar-refractivity contribution in [3.63, 3.8) is 0 Å². The van der Waals surface area contributed by atoms with Crippen molar-refractivity contribution in [2.24, 2.45) is 0 Å². The quantitative estimate of drug-likeness (QED) is 0.476.